The molecule has 0 atom stereocenters. The van der Waals surface area contributed by atoms with Crippen molar-refractivity contribution in [3.8, 4) is 0 Å². The first kappa shape index (κ1) is 21.5. The minimum absolute atomic E-state index is 0.0867. The van der Waals surface area contributed by atoms with E-state index in [1.165, 1.54) is 11.0 Å². The van der Waals surface area contributed by atoms with Gasteiger partial charge in [0.15, 0.2) is 0 Å². The standard InChI is InChI=1S/C21H24F3N3O/c1-5-26(3)14-25-18-9-10-19(15(2)11-18)20(28)27(4)13-16-7-6-8-17(12-16)21(22,23)24/h6-12,14H,5,13H2,1-4H3. The summed E-state index contributed by atoms with van der Waals surface area (Å²) < 4.78 is 38.6. The molecule has 0 saturated carbocycles. The molecule has 7 heteroatoms. The van der Waals surface area contributed by atoms with Gasteiger partial charge in [-0.1, -0.05) is 12.1 Å². The summed E-state index contributed by atoms with van der Waals surface area (Å²) >= 11 is 0. The fourth-order valence-corrected chi connectivity index (χ4v) is 2.61. The third kappa shape index (κ3) is 5.58. The van der Waals surface area contributed by atoms with Crippen LogP contribution < -0.4 is 0 Å². The zero-order valence-electron chi connectivity index (χ0n) is 16.4. The number of carbonyl (C=O) groups is 1. The van der Waals surface area contributed by atoms with Crippen molar-refractivity contribution in [1.29, 1.82) is 0 Å². The van der Waals surface area contributed by atoms with Crippen molar-refractivity contribution >= 4 is 17.9 Å². The second-order valence-corrected chi connectivity index (χ2v) is 6.68. The fraction of sp³-hybridized carbons (Fsp3) is 0.333. The SMILES string of the molecule is CCN(C)C=Nc1ccc(C(=O)N(C)Cc2cccc(C(F)(F)F)c2)c(C)c1. The molecule has 0 radical (unpaired) electrons. The number of amides is 1. The highest BCUT2D eigenvalue weighted by Crippen LogP contribution is 2.30. The Labute approximate surface area is 163 Å². The molecule has 2 aromatic carbocycles. The van der Waals surface area contributed by atoms with E-state index in [4.69, 9.17) is 0 Å². The predicted molar refractivity (Wildman–Crippen MR) is 105 cm³/mol. The number of nitrogens with zero attached hydrogens (tertiary/aromatic N) is 3. The van der Waals surface area contributed by atoms with Gasteiger partial charge >= 0.3 is 6.18 Å². The van der Waals surface area contributed by atoms with E-state index in [0.717, 1.165) is 29.9 Å². The first-order valence-electron chi connectivity index (χ1n) is 8.88. The van der Waals surface area contributed by atoms with E-state index in [2.05, 4.69) is 4.99 Å². The number of aryl methyl sites for hydroxylation is 1. The second kappa shape index (κ2) is 8.91. The molecule has 0 heterocycles. The molecule has 2 aromatic rings. The zero-order chi connectivity index (χ0) is 20.9. The molecule has 2 rings (SSSR count). The van der Waals surface area contributed by atoms with Gasteiger partial charge in [0.1, 0.15) is 0 Å². The topological polar surface area (TPSA) is 35.9 Å². The van der Waals surface area contributed by atoms with Gasteiger partial charge in [-0.25, -0.2) is 4.99 Å². The van der Waals surface area contributed by atoms with Crippen molar-refractivity contribution in [2.75, 3.05) is 20.6 Å². The molecule has 4 nitrogen and oxygen atoms in total. The van der Waals surface area contributed by atoms with E-state index in [1.54, 1.807) is 31.6 Å². The summed E-state index contributed by atoms with van der Waals surface area (Å²) in [5, 5.41) is 0. The van der Waals surface area contributed by atoms with Crippen LogP contribution in [-0.2, 0) is 12.7 Å². The number of aliphatic imine (C=N–C) groups is 1. The van der Waals surface area contributed by atoms with Crippen molar-refractivity contribution < 1.29 is 18.0 Å². The van der Waals surface area contributed by atoms with E-state index in [1.807, 2.05) is 31.9 Å². The number of rotatable bonds is 6. The minimum atomic E-state index is -4.41. The maximum atomic E-state index is 12.9. The van der Waals surface area contributed by atoms with Crippen LogP contribution in [-0.4, -0.2) is 42.7 Å². The highest BCUT2D eigenvalue weighted by atomic mass is 19.4. The van der Waals surface area contributed by atoms with Crippen LogP contribution in [0.1, 0.15) is 34.0 Å². The quantitative estimate of drug-likeness (QED) is 0.519. The largest absolute Gasteiger partial charge is 0.416 e. The lowest BCUT2D eigenvalue weighted by molar-refractivity contribution is -0.137. The molecule has 28 heavy (non-hydrogen) atoms. The molecule has 0 unspecified atom stereocenters. The summed E-state index contributed by atoms with van der Waals surface area (Å²) in [7, 11) is 3.49. The Hall–Kier alpha value is -2.83. The Morgan fingerprint density at radius 1 is 1.14 bits per heavy atom. The van der Waals surface area contributed by atoms with Crippen molar-refractivity contribution in [3.63, 3.8) is 0 Å². The Morgan fingerprint density at radius 3 is 2.46 bits per heavy atom. The van der Waals surface area contributed by atoms with Gasteiger partial charge in [0.2, 0.25) is 0 Å². The number of carbonyl (C=O) groups excluding carboxylic acids is 1. The van der Waals surface area contributed by atoms with Crippen LogP contribution in [0.4, 0.5) is 18.9 Å². The summed E-state index contributed by atoms with van der Waals surface area (Å²) in [6.45, 7) is 4.75. The van der Waals surface area contributed by atoms with Crippen LogP contribution in [0.25, 0.3) is 0 Å². The number of benzene rings is 2. The summed E-state index contributed by atoms with van der Waals surface area (Å²) in [6.07, 6.45) is -2.69. The molecule has 1 amide bonds. The molecule has 0 aliphatic heterocycles. The van der Waals surface area contributed by atoms with Gasteiger partial charge in [0, 0.05) is 32.7 Å². The number of hydrogen-bond donors (Lipinski definition) is 0. The van der Waals surface area contributed by atoms with Crippen LogP contribution in [0, 0.1) is 6.92 Å². The van der Waals surface area contributed by atoms with Crippen LogP contribution >= 0.6 is 0 Å². The summed E-state index contributed by atoms with van der Waals surface area (Å²) in [5.74, 6) is -0.254. The smallest absolute Gasteiger partial charge is 0.366 e. The third-order valence-electron chi connectivity index (χ3n) is 4.36. The molecule has 150 valence electrons. The molecule has 0 aliphatic rings. The van der Waals surface area contributed by atoms with Crippen molar-refractivity contribution in [2.24, 2.45) is 4.99 Å². The molecule has 0 spiro atoms. The maximum absolute atomic E-state index is 12.9. The van der Waals surface area contributed by atoms with Crippen LogP contribution in [0.5, 0.6) is 0 Å². The number of hydrogen-bond acceptors (Lipinski definition) is 2. The van der Waals surface area contributed by atoms with Crippen LogP contribution in [0.15, 0.2) is 47.5 Å². The summed E-state index contributed by atoms with van der Waals surface area (Å²) in [4.78, 5) is 20.4. The Kier molecular flexibility index (Phi) is 6.83. The van der Waals surface area contributed by atoms with Crippen LogP contribution in [0.2, 0.25) is 0 Å². The number of alkyl halides is 3. The Bertz CT molecular complexity index is 862. The van der Waals surface area contributed by atoms with Gasteiger partial charge in [-0.2, -0.15) is 13.2 Å². The monoisotopic (exact) mass is 391 g/mol. The first-order chi connectivity index (χ1) is 13.1. The van der Waals surface area contributed by atoms with E-state index in [9.17, 15) is 18.0 Å². The van der Waals surface area contributed by atoms with Crippen molar-refractivity contribution in [3.05, 3.63) is 64.7 Å². The number of halogens is 3. The average Bonchev–Trinajstić information content (AvgIpc) is 2.65. The molecule has 0 N–H and O–H groups in total. The molecular weight excluding hydrogens is 367 g/mol. The van der Waals surface area contributed by atoms with Gasteiger partial charge in [-0.3, -0.25) is 4.79 Å². The van der Waals surface area contributed by atoms with E-state index < -0.39 is 11.7 Å². The average molecular weight is 391 g/mol. The normalized spacial score (nSPS) is 11.7. The van der Waals surface area contributed by atoms with Crippen LogP contribution in [0.3, 0.4) is 0 Å². The van der Waals surface area contributed by atoms with E-state index in [0.29, 0.717) is 11.1 Å². The highest BCUT2D eigenvalue weighted by molar-refractivity contribution is 5.95. The van der Waals surface area contributed by atoms with Crippen molar-refractivity contribution in [1.82, 2.24) is 9.80 Å². The van der Waals surface area contributed by atoms with E-state index >= 15 is 0 Å². The summed E-state index contributed by atoms with van der Waals surface area (Å²) in [5.41, 5.74) is 1.69. The summed E-state index contributed by atoms with van der Waals surface area (Å²) in [6, 6.07) is 10.3. The lowest BCUT2D eigenvalue weighted by Crippen LogP contribution is -2.27. The fourth-order valence-electron chi connectivity index (χ4n) is 2.61. The highest BCUT2D eigenvalue weighted by Gasteiger charge is 2.30. The lowest BCUT2D eigenvalue weighted by Gasteiger charge is -2.19. The third-order valence-corrected chi connectivity index (χ3v) is 4.36. The Balaban J connectivity index is 2.14. The van der Waals surface area contributed by atoms with Crippen molar-refractivity contribution in [2.45, 2.75) is 26.6 Å². The van der Waals surface area contributed by atoms with E-state index in [-0.39, 0.29) is 12.5 Å². The first-order valence-corrected chi connectivity index (χ1v) is 8.88. The molecule has 0 fully saturated rings. The molecular formula is C21H24F3N3O. The second-order valence-electron chi connectivity index (χ2n) is 6.68. The predicted octanol–water partition coefficient (Wildman–Crippen LogP) is 4.90. The van der Waals surface area contributed by atoms with Gasteiger partial charge in [-0.15, -0.1) is 0 Å². The molecule has 0 aliphatic carbocycles. The lowest BCUT2D eigenvalue weighted by atomic mass is 10.1. The van der Waals surface area contributed by atoms with Gasteiger partial charge in [-0.05, 0) is 55.3 Å². The maximum Gasteiger partial charge on any atom is 0.416 e. The molecule has 0 saturated heterocycles. The molecule has 0 aromatic heterocycles. The van der Waals surface area contributed by atoms with Gasteiger partial charge in [0.25, 0.3) is 5.91 Å². The van der Waals surface area contributed by atoms with Gasteiger partial charge in [0.05, 0.1) is 17.6 Å². The molecule has 0 bridgehead atoms. The Morgan fingerprint density at radius 2 is 1.86 bits per heavy atom. The zero-order valence-corrected chi connectivity index (χ0v) is 16.4. The van der Waals surface area contributed by atoms with Gasteiger partial charge < -0.3 is 9.80 Å². The minimum Gasteiger partial charge on any atom is -0.366 e.